The molecule has 0 bridgehead atoms. The van der Waals surface area contributed by atoms with E-state index in [1.54, 1.807) is 52.3 Å². The van der Waals surface area contributed by atoms with E-state index in [2.05, 4.69) is 5.32 Å². The van der Waals surface area contributed by atoms with Gasteiger partial charge < -0.3 is 15.1 Å². The summed E-state index contributed by atoms with van der Waals surface area (Å²) >= 11 is 18.2. The van der Waals surface area contributed by atoms with Crippen LogP contribution in [0.2, 0.25) is 15.1 Å². The van der Waals surface area contributed by atoms with Gasteiger partial charge in [-0.25, -0.2) is 0 Å². The number of piperazine rings is 1. The standard InChI is InChI=1S/C28H26Cl3N3O3/c1-18-17-33(13-14-34(18)27(36)23-12-11-22(30)16-24(23)31)28(37)25(15-19-5-3-2-4-6-19)32-26(35)20-7-9-21(29)10-8-20/h2-12,16,18,25H,13-15,17H2,1H3,(H,32,35)/t18-,25+/m0/s1. The van der Waals surface area contributed by atoms with Crippen LogP contribution in [0.15, 0.2) is 72.8 Å². The number of amides is 3. The number of nitrogens with zero attached hydrogens (tertiary/aromatic N) is 2. The Bertz CT molecular complexity index is 1280. The van der Waals surface area contributed by atoms with Gasteiger partial charge in [0.2, 0.25) is 5.91 Å². The fourth-order valence-electron chi connectivity index (χ4n) is 4.39. The molecule has 0 unspecified atom stereocenters. The molecule has 37 heavy (non-hydrogen) atoms. The molecule has 0 spiro atoms. The van der Waals surface area contributed by atoms with E-state index < -0.39 is 6.04 Å². The largest absolute Gasteiger partial charge is 0.340 e. The molecule has 0 saturated carbocycles. The van der Waals surface area contributed by atoms with Crippen LogP contribution in [0.4, 0.5) is 0 Å². The fourth-order valence-corrected chi connectivity index (χ4v) is 5.01. The maximum atomic E-state index is 13.7. The van der Waals surface area contributed by atoms with Crippen molar-refractivity contribution in [3.05, 3.63) is 105 Å². The Morgan fingerprint density at radius 1 is 0.919 bits per heavy atom. The van der Waals surface area contributed by atoms with E-state index in [9.17, 15) is 14.4 Å². The van der Waals surface area contributed by atoms with E-state index in [4.69, 9.17) is 34.8 Å². The second-order valence-electron chi connectivity index (χ2n) is 8.98. The van der Waals surface area contributed by atoms with Crippen LogP contribution >= 0.6 is 34.8 Å². The zero-order valence-corrected chi connectivity index (χ0v) is 22.4. The lowest BCUT2D eigenvalue weighted by atomic mass is 10.0. The highest BCUT2D eigenvalue weighted by molar-refractivity contribution is 6.36. The average molecular weight is 559 g/mol. The Balaban J connectivity index is 1.48. The molecule has 6 nitrogen and oxygen atoms in total. The Morgan fingerprint density at radius 3 is 2.24 bits per heavy atom. The number of hydrogen-bond donors (Lipinski definition) is 1. The third kappa shape index (κ3) is 6.63. The molecule has 1 saturated heterocycles. The van der Waals surface area contributed by atoms with E-state index in [0.717, 1.165) is 5.56 Å². The lowest BCUT2D eigenvalue weighted by Crippen LogP contribution is -2.59. The van der Waals surface area contributed by atoms with Crippen molar-refractivity contribution in [2.45, 2.75) is 25.4 Å². The van der Waals surface area contributed by atoms with Crippen LogP contribution in [0.3, 0.4) is 0 Å². The number of benzene rings is 3. The van der Waals surface area contributed by atoms with Crippen molar-refractivity contribution in [1.29, 1.82) is 0 Å². The molecule has 2 atom stereocenters. The van der Waals surface area contributed by atoms with Crippen LogP contribution < -0.4 is 5.32 Å². The van der Waals surface area contributed by atoms with Gasteiger partial charge >= 0.3 is 0 Å². The molecule has 3 aromatic rings. The molecule has 4 rings (SSSR count). The molecule has 1 N–H and O–H groups in total. The van der Waals surface area contributed by atoms with E-state index in [1.165, 1.54) is 0 Å². The molecule has 0 aliphatic carbocycles. The fraction of sp³-hybridized carbons (Fsp3) is 0.250. The zero-order chi connectivity index (χ0) is 26.5. The molecular weight excluding hydrogens is 533 g/mol. The number of carbonyl (C=O) groups excluding carboxylic acids is 3. The Labute approximate surface area is 231 Å². The molecule has 1 aliphatic rings. The molecular formula is C28H26Cl3N3O3. The maximum Gasteiger partial charge on any atom is 0.255 e. The quantitative estimate of drug-likeness (QED) is 0.443. The first-order valence-electron chi connectivity index (χ1n) is 11.9. The third-order valence-electron chi connectivity index (χ3n) is 6.35. The number of nitrogens with one attached hydrogen (secondary N) is 1. The Kier molecular flexibility index (Phi) is 8.75. The Morgan fingerprint density at radius 2 is 1.59 bits per heavy atom. The second-order valence-corrected chi connectivity index (χ2v) is 10.3. The minimum Gasteiger partial charge on any atom is -0.340 e. The predicted octanol–water partition coefficient (Wildman–Crippen LogP) is 5.36. The lowest BCUT2D eigenvalue weighted by Gasteiger charge is -2.41. The summed E-state index contributed by atoms with van der Waals surface area (Å²) in [5.74, 6) is -0.766. The van der Waals surface area contributed by atoms with Gasteiger partial charge in [0, 0.05) is 47.7 Å². The van der Waals surface area contributed by atoms with Gasteiger partial charge in [0.1, 0.15) is 6.04 Å². The van der Waals surface area contributed by atoms with Crippen LogP contribution in [0.5, 0.6) is 0 Å². The van der Waals surface area contributed by atoms with Gasteiger partial charge in [-0.2, -0.15) is 0 Å². The summed E-state index contributed by atoms with van der Waals surface area (Å²) in [6.45, 7) is 2.90. The van der Waals surface area contributed by atoms with Crippen molar-refractivity contribution in [3.8, 4) is 0 Å². The molecule has 1 fully saturated rings. The molecule has 9 heteroatoms. The first kappa shape index (κ1) is 27.0. The molecule has 1 heterocycles. The van der Waals surface area contributed by atoms with E-state index in [0.29, 0.717) is 47.2 Å². The first-order valence-corrected chi connectivity index (χ1v) is 13.0. The maximum absolute atomic E-state index is 13.7. The molecule has 3 aromatic carbocycles. The number of hydrogen-bond acceptors (Lipinski definition) is 3. The van der Waals surface area contributed by atoms with Crippen molar-refractivity contribution in [3.63, 3.8) is 0 Å². The molecule has 0 aromatic heterocycles. The lowest BCUT2D eigenvalue weighted by molar-refractivity contribution is -0.135. The van der Waals surface area contributed by atoms with Crippen molar-refractivity contribution >= 4 is 52.5 Å². The summed E-state index contributed by atoms with van der Waals surface area (Å²) in [5.41, 5.74) is 1.71. The minimum absolute atomic E-state index is 0.199. The SMILES string of the molecule is C[C@H]1CN(C(=O)[C@@H](Cc2ccccc2)NC(=O)c2ccc(Cl)cc2)CCN1C(=O)c1ccc(Cl)cc1Cl. The monoisotopic (exact) mass is 557 g/mol. The number of halogens is 3. The van der Waals surface area contributed by atoms with Gasteiger partial charge in [-0.3, -0.25) is 14.4 Å². The van der Waals surface area contributed by atoms with E-state index in [-0.39, 0.29) is 28.8 Å². The summed E-state index contributed by atoms with van der Waals surface area (Å²) in [5, 5.41) is 4.17. The number of rotatable bonds is 6. The summed E-state index contributed by atoms with van der Waals surface area (Å²) < 4.78 is 0. The van der Waals surface area contributed by atoms with Crippen LogP contribution in [-0.2, 0) is 11.2 Å². The smallest absolute Gasteiger partial charge is 0.255 e. The van der Waals surface area contributed by atoms with Gasteiger partial charge in [0.25, 0.3) is 11.8 Å². The summed E-state index contributed by atoms with van der Waals surface area (Å²) in [6.07, 6.45) is 0.340. The van der Waals surface area contributed by atoms with Crippen molar-refractivity contribution in [1.82, 2.24) is 15.1 Å². The van der Waals surface area contributed by atoms with Crippen molar-refractivity contribution in [2.24, 2.45) is 0 Å². The van der Waals surface area contributed by atoms with Crippen LogP contribution in [0, 0.1) is 0 Å². The summed E-state index contributed by atoms with van der Waals surface area (Å²) in [6, 6.07) is 19.8. The zero-order valence-electron chi connectivity index (χ0n) is 20.2. The van der Waals surface area contributed by atoms with E-state index >= 15 is 0 Å². The van der Waals surface area contributed by atoms with Crippen LogP contribution in [0.1, 0.15) is 33.2 Å². The Hall–Kier alpha value is -3.06. The normalized spacial score (nSPS) is 16.3. The van der Waals surface area contributed by atoms with Crippen LogP contribution in [-0.4, -0.2) is 59.2 Å². The molecule has 3 amide bonds. The molecule has 192 valence electrons. The predicted molar refractivity (Wildman–Crippen MR) is 146 cm³/mol. The summed E-state index contributed by atoms with van der Waals surface area (Å²) in [7, 11) is 0. The first-order chi connectivity index (χ1) is 17.7. The average Bonchev–Trinajstić information content (AvgIpc) is 2.88. The molecule has 0 radical (unpaired) electrons. The second kappa shape index (κ2) is 12.0. The topological polar surface area (TPSA) is 69.7 Å². The van der Waals surface area contributed by atoms with E-state index in [1.807, 2.05) is 37.3 Å². The number of carbonyl (C=O) groups is 3. The van der Waals surface area contributed by atoms with Crippen LogP contribution in [0.25, 0.3) is 0 Å². The van der Waals surface area contributed by atoms with Gasteiger partial charge in [0.15, 0.2) is 0 Å². The highest BCUT2D eigenvalue weighted by Gasteiger charge is 2.34. The summed E-state index contributed by atoms with van der Waals surface area (Å²) in [4.78, 5) is 43.2. The van der Waals surface area contributed by atoms with Crippen molar-refractivity contribution < 1.29 is 14.4 Å². The van der Waals surface area contributed by atoms with Gasteiger partial charge in [0.05, 0.1) is 10.6 Å². The van der Waals surface area contributed by atoms with Crippen molar-refractivity contribution in [2.75, 3.05) is 19.6 Å². The minimum atomic E-state index is -0.772. The highest BCUT2D eigenvalue weighted by atomic mass is 35.5. The van der Waals surface area contributed by atoms with Gasteiger partial charge in [-0.15, -0.1) is 0 Å². The highest BCUT2D eigenvalue weighted by Crippen LogP contribution is 2.24. The molecule has 1 aliphatic heterocycles. The van der Waals surface area contributed by atoms with Gasteiger partial charge in [-0.05, 0) is 55.0 Å². The van der Waals surface area contributed by atoms with Gasteiger partial charge in [-0.1, -0.05) is 65.1 Å². The third-order valence-corrected chi connectivity index (χ3v) is 7.15.